The van der Waals surface area contributed by atoms with Crippen LogP contribution in [0.15, 0.2) is 12.1 Å². The van der Waals surface area contributed by atoms with Crippen molar-refractivity contribution in [2.24, 2.45) is 11.1 Å². The average Bonchev–Trinajstić information content (AvgIpc) is 2.76. The molecule has 1 fully saturated rings. The molecule has 3 nitrogen and oxygen atoms in total. The Kier molecular flexibility index (Phi) is 3.35. The van der Waals surface area contributed by atoms with Gasteiger partial charge in [0.25, 0.3) is 0 Å². The number of hydrogen-bond acceptors (Lipinski definition) is 4. The number of hydrogen-bond donors (Lipinski definition) is 1. The molecule has 0 aromatic carbocycles. The largest absolute Gasteiger partial charge is 0.379 e. The summed E-state index contributed by atoms with van der Waals surface area (Å²) in [6.45, 7) is 2.77. The Bertz CT molecular complexity index is 406. The van der Waals surface area contributed by atoms with Gasteiger partial charge >= 0.3 is 0 Å². The predicted octanol–water partition coefficient (Wildman–Crippen LogP) is 1.88. The fourth-order valence-corrected chi connectivity index (χ4v) is 2.87. The highest BCUT2D eigenvalue weighted by molar-refractivity contribution is 7.16. The Balaban J connectivity index is 2.08. The third-order valence-corrected chi connectivity index (χ3v) is 4.35. The van der Waals surface area contributed by atoms with Crippen LogP contribution in [0.1, 0.15) is 11.8 Å². The molecular formula is C11H14ClNO2S. The molecule has 0 spiro atoms. The first-order valence-corrected chi connectivity index (χ1v) is 6.32. The van der Waals surface area contributed by atoms with Crippen LogP contribution in [0.2, 0.25) is 4.34 Å². The minimum Gasteiger partial charge on any atom is -0.379 e. The summed E-state index contributed by atoms with van der Waals surface area (Å²) >= 11 is 7.26. The zero-order valence-corrected chi connectivity index (χ0v) is 10.6. The third-order valence-electron chi connectivity index (χ3n) is 3.12. The zero-order chi connectivity index (χ0) is 11.8. The first-order valence-electron chi connectivity index (χ1n) is 5.13. The van der Waals surface area contributed by atoms with E-state index in [9.17, 15) is 4.79 Å². The van der Waals surface area contributed by atoms with Crippen LogP contribution in [0.5, 0.6) is 0 Å². The molecule has 1 aromatic rings. The number of nitrogens with two attached hydrogens (primary N) is 1. The average molecular weight is 260 g/mol. The van der Waals surface area contributed by atoms with Crippen LogP contribution in [0.4, 0.5) is 0 Å². The maximum Gasteiger partial charge on any atom is 0.147 e. The molecule has 0 radical (unpaired) electrons. The molecule has 0 aliphatic carbocycles. The van der Waals surface area contributed by atoms with E-state index in [1.807, 2.05) is 19.1 Å². The van der Waals surface area contributed by atoms with Crippen LogP contribution in [-0.4, -0.2) is 25.0 Å². The van der Waals surface area contributed by atoms with E-state index >= 15 is 0 Å². The lowest BCUT2D eigenvalue weighted by Crippen LogP contribution is -2.45. The molecule has 1 saturated heterocycles. The second-order valence-corrected chi connectivity index (χ2v) is 6.14. The van der Waals surface area contributed by atoms with Crippen molar-refractivity contribution in [3.63, 3.8) is 0 Å². The van der Waals surface area contributed by atoms with Crippen molar-refractivity contribution in [2.45, 2.75) is 19.4 Å². The number of ether oxygens (including phenoxy) is 1. The Morgan fingerprint density at radius 1 is 1.75 bits per heavy atom. The highest BCUT2D eigenvalue weighted by Crippen LogP contribution is 2.31. The van der Waals surface area contributed by atoms with Gasteiger partial charge in [0.15, 0.2) is 0 Å². The normalized spacial score (nSPS) is 29.6. The SMILES string of the molecule is CC1(C(=O)Cc2ccc(Cl)s2)COCC1N. The van der Waals surface area contributed by atoms with Crippen LogP contribution < -0.4 is 5.73 Å². The van der Waals surface area contributed by atoms with Crippen LogP contribution in [0, 0.1) is 5.41 Å². The molecule has 88 valence electrons. The van der Waals surface area contributed by atoms with Gasteiger partial charge in [0, 0.05) is 17.3 Å². The number of Topliss-reactive ketones (excluding diaryl/α,β-unsaturated/α-hetero) is 1. The molecule has 2 heterocycles. The molecule has 2 N–H and O–H groups in total. The van der Waals surface area contributed by atoms with E-state index in [1.165, 1.54) is 11.3 Å². The van der Waals surface area contributed by atoms with Crippen molar-refractivity contribution in [1.82, 2.24) is 0 Å². The first kappa shape index (κ1) is 12.0. The summed E-state index contributed by atoms with van der Waals surface area (Å²) in [4.78, 5) is 13.1. The summed E-state index contributed by atoms with van der Waals surface area (Å²) in [7, 11) is 0. The molecule has 1 aromatic heterocycles. The molecule has 2 unspecified atom stereocenters. The van der Waals surface area contributed by atoms with Gasteiger partial charge in [0.1, 0.15) is 5.78 Å². The number of carbonyl (C=O) groups is 1. The molecule has 0 saturated carbocycles. The van der Waals surface area contributed by atoms with Gasteiger partial charge in [-0.1, -0.05) is 11.6 Å². The van der Waals surface area contributed by atoms with Crippen LogP contribution in [-0.2, 0) is 16.0 Å². The number of thiophene rings is 1. The summed E-state index contributed by atoms with van der Waals surface area (Å²) in [6.07, 6.45) is 0.394. The number of halogens is 1. The second kappa shape index (κ2) is 4.45. The summed E-state index contributed by atoms with van der Waals surface area (Å²) in [5.74, 6) is 0.135. The number of ketones is 1. The van der Waals surface area contributed by atoms with Crippen molar-refractivity contribution in [3.8, 4) is 0 Å². The molecule has 1 aliphatic heterocycles. The lowest BCUT2D eigenvalue weighted by Gasteiger charge is -2.24. The van der Waals surface area contributed by atoms with Crippen LogP contribution in [0.3, 0.4) is 0 Å². The Morgan fingerprint density at radius 3 is 3.00 bits per heavy atom. The van der Waals surface area contributed by atoms with E-state index in [2.05, 4.69) is 0 Å². The van der Waals surface area contributed by atoms with E-state index in [1.54, 1.807) is 0 Å². The topological polar surface area (TPSA) is 52.3 Å². The van der Waals surface area contributed by atoms with Gasteiger partial charge in [-0.05, 0) is 19.1 Å². The predicted molar refractivity (Wildman–Crippen MR) is 64.9 cm³/mol. The van der Waals surface area contributed by atoms with Crippen molar-refractivity contribution < 1.29 is 9.53 Å². The fourth-order valence-electron chi connectivity index (χ4n) is 1.78. The van der Waals surface area contributed by atoms with Crippen molar-refractivity contribution >= 4 is 28.7 Å². The molecular weight excluding hydrogens is 246 g/mol. The summed E-state index contributed by atoms with van der Waals surface area (Å²) in [5, 5.41) is 0. The van der Waals surface area contributed by atoms with E-state index in [0.717, 1.165) is 4.88 Å². The smallest absolute Gasteiger partial charge is 0.147 e. The fraction of sp³-hybridized carbons (Fsp3) is 0.545. The maximum absolute atomic E-state index is 12.2. The van der Waals surface area contributed by atoms with Crippen LogP contribution >= 0.6 is 22.9 Å². The number of rotatable bonds is 3. The van der Waals surface area contributed by atoms with E-state index < -0.39 is 5.41 Å². The van der Waals surface area contributed by atoms with Crippen molar-refractivity contribution in [1.29, 1.82) is 0 Å². The standard InChI is InChI=1S/C11H14ClNO2S/c1-11(6-15-5-8(11)13)9(14)4-7-2-3-10(12)16-7/h2-3,8H,4-6,13H2,1H3. The van der Waals surface area contributed by atoms with Gasteiger partial charge < -0.3 is 10.5 Å². The Hall–Kier alpha value is -0.420. The maximum atomic E-state index is 12.2. The summed E-state index contributed by atoms with van der Waals surface area (Å²) in [6, 6.07) is 3.49. The second-order valence-electron chi connectivity index (χ2n) is 4.34. The minimum absolute atomic E-state index is 0.135. The zero-order valence-electron chi connectivity index (χ0n) is 9.03. The van der Waals surface area contributed by atoms with Gasteiger partial charge in [-0.2, -0.15) is 0 Å². The highest BCUT2D eigenvalue weighted by Gasteiger charge is 2.43. The van der Waals surface area contributed by atoms with Crippen molar-refractivity contribution in [2.75, 3.05) is 13.2 Å². The van der Waals surface area contributed by atoms with Crippen LogP contribution in [0.25, 0.3) is 0 Å². The third kappa shape index (κ3) is 2.15. The lowest BCUT2D eigenvalue weighted by molar-refractivity contribution is -0.127. The van der Waals surface area contributed by atoms with Crippen molar-refractivity contribution in [3.05, 3.63) is 21.3 Å². The summed E-state index contributed by atoms with van der Waals surface area (Å²) < 4.78 is 5.98. The monoisotopic (exact) mass is 259 g/mol. The molecule has 5 heteroatoms. The van der Waals surface area contributed by atoms with Gasteiger partial charge in [0.05, 0.1) is 23.0 Å². The van der Waals surface area contributed by atoms with Gasteiger partial charge in [-0.15, -0.1) is 11.3 Å². The quantitative estimate of drug-likeness (QED) is 0.902. The molecule has 16 heavy (non-hydrogen) atoms. The molecule has 2 atom stereocenters. The summed E-state index contributed by atoms with van der Waals surface area (Å²) in [5.41, 5.74) is 5.36. The molecule has 2 rings (SSSR count). The minimum atomic E-state index is -0.545. The highest BCUT2D eigenvalue weighted by atomic mass is 35.5. The Labute approximate surface area is 104 Å². The Morgan fingerprint density at radius 2 is 2.50 bits per heavy atom. The van der Waals surface area contributed by atoms with E-state index in [-0.39, 0.29) is 11.8 Å². The van der Waals surface area contributed by atoms with E-state index in [4.69, 9.17) is 22.1 Å². The number of carbonyl (C=O) groups excluding carboxylic acids is 1. The molecule has 0 amide bonds. The van der Waals surface area contributed by atoms with Gasteiger partial charge in [-0.25, -0.2) is 0 Å². The first-order chi connectivity index (χ1) is 7.52. The molecule has 1 aliphatic rings. The lowest BCUT2D eigenvalue weighted by atomic mass is 9.80. The van der Waals surface area contributed by atoms with Gasteiger partial charge in [-0.3, -0.25) is 4.79 Å². The van der Waals surface area contributed by atoms with Gasteiger partial charge in [0.2, 0.25) is 0 Å². The van der Waals surface area contributed by atoms with E-state index in [0.29, 0.717) is 24.0 Å². The molecule has 0 bridgehead atoms.